The summed E-state index contributed by atoms with van der Waals surface area (Å²) in [7, 11) is 3.00. The number of ether oxygens (including phenoxy) is 2. The average molecular weight is 350 g/mol. The second-order valence-corrected chi connectivity index (χ2v) is 5.21. The van der Waals surface area contributed by atoms with Crippen LogP contribution in [0.1, 0.15) is 15.9 Å². The molecular formula is C16H16BrNO3. The molecule has 0 saturated carbocycles. The van der Waals surface area contributed by atoms with Crippen LogP contribution in [0.4, 0.5) is 5.69 Å². The first-order chi connectivity index (χ1) is 10.2. The molecule has 0 aliphatic carbocycles. The van der Waals surface area contributed by atoms with Gasteiger partial charge in [0.15, 0.2) is 0 Å². The van der Waals surface area contributed by atoms with Crippen LogP contribution in [0.3, 0.4) is 0 Å². The van der Waals surface area contributed by atoms with E-state index in [-0.39, 0.29) is 5.97 Å². The second-order valence-electron chi connectivity index (χ2n) is 4.35. The summed E-state index contributed by atoms with van der Waals surface area (Å²) < 4.78 is 10.9. The van der Waals surface area contributed by atoms with Gasteiger partial charge < -0.3 is 14.8 Å². The van der Waals surface area contributed by atoms with Gasteiger partial charge in [-0.3, -0.25) is 0 Å². The van der Waals surface area contributed by atoms with Gasteiger partial charge in [-0.15, -0.1) is 0 Å². The van der Waals surface area contributed by atoms with Gasteiger partial charge in [-0.2, -0.15) is 0 Å². The Kier molecular flexibility index (Phi) is 5.22. The van der Waals surface area contributed by atoms with E-state index in [0.29, 0.717) is 12.1 Å². The molecule has 1 N–H and O–H groups in total. The maximum absolute atomic E-state index is 11.7. The smallest absolute Gasteiger partial charge is 0.338 e. The van der Waals surface area contributed by atoms with Crippen molar-refractivity contribution in [3.05, 3.63) is 58.1 Å². The summed E-state index contributed by atoms with van der Waals surface area (Å²) in [4.78, 5) is 11.7. The molecule has 0 atom stereocenters. The molecule has 110 valence electrons. The molecular weight excluding hydrogens is 334 g/mol. The standard InChI is InChI=1S/C16H16BrNO3/c1-20-15-9-12(7-8-14(15)17)18-10-11-5-3-4-6-13(11)16(19)21-2/h3-9,18H,10H2,1-2H3. The normalized spacial score (nSPS) is 10.0. The van der Waals surface area contributed by atoms with Crippen molar-refractivity contribution in [3.8, 4) is 5.75 Å². The van der Waals surface area contributed by atoms with Crippen molar-refractivity contribution in [2.75, 3.05) is 19.5 Å². The summed E-state index contributed by atoms with van der Waals surface area (Å²) in [5, 5.41) is 3.27. The van der Waals surface area contributed by atoms with Crippen LogP contribution in [0.15, 0.2) is 46.9 Å². The predicted octanol–water partition coefficient (Wildman–Crippen LogP) is 3.86. The van der Waals surface area contributed by atoms with E-state index in [0.717, 1.165) is 21.5 Å². The largest absolute Gasteiger partial charge is 0.495 e. The molecule has 2 aromatic rings. The number of nitrogens with one attached hydrogen (secondary N) is 1. The summed E-state index contributed by atoms with van der Waals surface area (Å²) in [6.07, 6.45) is 0. The van der Waals surface area contributed by atoms with Gasteiger partial charge in [0, 0.05) is 18.3 Å². The van der Waals surface area contributed by atoms with Gasteiger partial charge in [0.2, 0.25) is 0 Å². The number of methoxy groups -OCH3 is 2. The SMILES string of the molecule is COC(=O)c1ccccc1CNc1ccc(Br)c(OC)c1. The molecule has 0 radical (unpaired) electrons. The van der Waals surface area contributed by atoms with Crippen LogP contribution in [0.25, 0.3) is 0 Å². The minimum Gasteiger partial charge on any atom is -0.495 e. The van der Waals surface area contributed by atoms with Gasteiger partial charge in [-0.1, -0.05) is 18.2 Å². The van der Waals surface area contributed by atoms with Crippen LogP contribution in [0.5, 0.6) is 5.75 Å². The third-order valence-electron chi connectivity index (χ3n) is 3.06. The fourth-order valence-electron chi connectivity index (χ4n) is 1.95. The first-order valence-electron chi connectivity index (χ1n) is 6.39. The minimum absolute atomic E-state index is 0.333. The molecule has 0 spiro atoms. The van der Waals surface area contributed by atoms with Crippen molar-refractivity contribution in [2.24, 2.45) is 0 Å². The minimum atomic E-state index is -0.333. The molecule has 0 aliphatic rings. The summed E-state index contributed by atoms with van der Waals surface area (Å²) in [5.41, 5.74) is 2.36. The van der Waals surface area contributed by atoms with Crippen molar-refractivity contribution in [1.82, 2.24) is 0 Å². The maximum Gasteiger partial charge on any atom is 0.338 e. The molecule has 0 bridgehead atoms. The van der Waals surface area contributed by atoms with E-state index >= 15 is 0 Å². The summed E-state index contributed by atoms with van der Waals surface area (Å²) >= 11 is 3.41. The number of hydrogen-bond donors (Lipinski definition) is 1. The highest BCUT2D eigenvalue weighted by Crippen LogP contribution is 2.28. The Morgan fingerprint density at radius 3 is 2.67 bits per heavy atom. The third kappa shape index (κ3) is 3.76. The van der Waals surface area contributed by atoms with E-state index in [1.54, 1.807) is 13.2 Å². The number of hydrogen-bond acceptors (Lipinski definition) is 4. The Bertz CT molecular complexity index is 643. The number of anilines is 1. The quantitative estimate of drug-likeness (QED) is 0.832. The lowest BCUT2D eigenvalue weighted by Gasteiger charge is -2.11. The Balaban J connectivity index is 2.15. The monoisotopic (exact) mass is 349 g/mol. The van der Waals surface area contributed by atoms with Gasteiger partial charge in [0.05, 0.1) is 24.3 Å². The number of halogens is 1. The van der Waals surface area contributed by atoms with E-state index in [1.807, 2.05) is 36.4 Å². The molecule has 0 heterocycles. The molecule has 0 aliphatic heterocycles. The molecule has 2 aromatic carbocycles. The molecule has 21 heavy (non-hydrogen) atoms. The van der Waals surface area contributed by atoms with Gasteiger partial charge in [0.25, 0.3) is 0 Å². The fraction of sp³-hybridized carbons (Fsp3) is 0.188. The Labute approximate surface area is 132 Å². The molecule has 5 heteroatoms. The first kappa shape index (κ1) is 15.4. The summed E-state index contributed by atoms with van der Waals surface area (Å²) in [6.45, 7) is 0.524. The van der Waals surface area contributed by atoms with Crippen LogP contribution in [-0.2, 0) is 11.3 Å². The number of rotatable bonds is 5. The van der Waals surface area contributed by atoms with Gasteiger partial charge in [-0.05, 0) is 39.7 Å². The highest BCUT2D eigenvalue weighted by atomic mass is 79.9. The molecule has 0 amide bonds. The number of carbonyl (C=O) groups excluding carboxylic acids is 1. The first-order valence-corrected chi connectivity index (χ1v) is 7.18. The van der Waals surface area contributed by atoms with Gasteiger partial charge in [-0.25, -0.2) is 4.79 Å². The van der Waals surface area contributed by atoms with Crippen LogP contribution in [0.2, 0.25) is 0 Å². The molecule has 0 saturated heterocycles. The summed E-state index contributed by atoms with van der Waals surface area (Å²) in [5.74, 6) is 0.419. The number of esters is 1. The second kappa shape index (κ2) is 7.13. The molecule has 2 rings (SSSR count). The lowest BCUT2D eigenvalue weighted by atomic mass is 10.1. The van der Waals surface area contributed by atoms with Crippen LogP contribution in [-0.4, -0.2) is 20.2 Å². The van der Waals surface area contributed by atoms with E-state index in [2.05, 4.69) is 21.2 Å². The molecule has 0 fully saturated rings. The van der Waals surface area contributed by atoms with Crippen LogP contribution >= 0.6 is 15.9 Å². The zero-order valence-electron chi connectivity index (χ0n) is 11.9. The van der Waals surface area contributed by atoms with Crippen molar-refractivity contribution < 1.29 is 14.3 Å². The maximum atomic E-state index is 11.7. The lowest BCUT2D eigenvalue weighted by Crippen LogP contribution is -2.09. The molecule has 0 unspecified atom stereocenters. The average Bonchev–Trinajstić information content (AvgIpc) is 2.53. The summed E-state index contributed by atoms with van der Waals surface area (Å²) in [6, 6.07) is 13.1. The fourth-order valence-corrected chi connectivity index (χ4v) is 2.36. The van der Waals surface area contributed by atoms with Crippen molar-refractivity contribution in [2.45, 2.75) is 6.54 Å². The highest BCUT2D eigenvalue weighted by Gasteiger charge is 2.10. The van der Waals surface area contributed by atoms with Gasteiger partial charge in [0.1, 0.15) is 5.75 Å². The van der Waals surface area contributed by atoms with E-state index in [9.17, 15) is 4.79 Å². The topological polar surface area (TPSA) is 47.6 Å². The van der Waals surface area contributed by atoms with Crippen LogP contribution in [0, 0.1) is 0 Å². The van der Waals surface area contributed by atoms with Crippen molar-refractivity contribution in [1.29, 1.82) is 0 Å². The zero-order valence-corrected chi connectivity index (χ0v) is 13.4. The Morgan fingerprint density at radius 2 is 1.95 bits per heavy atom. The molecule has 0 aromatic heterocycles. The third-order valence-corrected chi connectivity index (χ3v) is 3.71. The van der Waals surface area contributed by atoms with E-state index < -0.39 is 0 Å². The van der Waals surface area contributed by atoms with Crippen molar-refractivity contribution in [3.63, 3.8) is 0 Å². The van der Waals surface area contributed by atoms with Crippen molar-refractivity contribution >= 4 is 27.6 Å². The van der Waals surface area contributed by atoms with Gasteiger partial charge >= 0.3 is 5.97 Å². The number of carbonyl (C=O) groups is 1. The van der Waals surface area contributed by atoms with E-state index in [1.165, 1.54) is 7.11 Å². The van der Waals surface area contributed by atoms with E-state index in [4.69, 9.17) is 9.47 Å². The molecule has 4 nitrogen and oxygen atoms in total. The Hall–Kier alpha value is -2.01. The predicted molar refractivity (Wildman–Crippen MR) is 85.8 cm³/mol. The number of benzene rings is 2. The highest BCUT2D eigenvalue weighted by molar-refractivity contribution is 9.10. The lowest BCUT2D eigenvalue weighted by molar-refractivity contribution is 0.0599. The van der Waals surface area contributed by atoms with Crippen LogP contribution < -0.4 is 10.1 Å². The zero-order chi connectivity index (χ0) is 15.2. The Morgan fingerprint density at radius 1 is 1.19 bits per heavy atom.